The Kier molecular flexibility index (Phi) is 7.33. The first kappa shape index (κ1) is 23.2. The fourth-order valence-electron chi connectivity index (χ4n) is 3.13. The van der Waals surface area contributed by atoms with E-state index in [1.54, 1.807) is 24.5 Å². The number of para-hydroxylation sites is 1. The second kappa shape index (κ2) is 9.78. The Bertz CT molecular complexity index is 845. The number of hydrogen-bond donors (Lipinski definition) is 1. The third kappa shape index (κ3) is 6.51. The number of rotatable bonds is 6. The molecule has 2 aromatic rings. The van der Waals surface area contributed by atoms with Crippen LogP contribution in [0.4, 0.5) is 16.4 Å². The van der Waals surface area contributed by atoms with Crippen LogP contribution in [0, 0.1) is 5.92 Å². The van der Waals surface area contributed by atoms with Gasteiger partial charge in [-0.25, -0.2) is 14.8 Å². The molecular formula is C23H34N4O3Si. The SMILES string of the molecule is CC(C)(C)[Si](C)(C)OCC1CCN(c2ncc(NC(=O)Oc3ccccc3)cn2)CC1. The van der Waals surface area contributed by atoms with Crippen molar-refractivity contribution in [3.05, 3.63) is 42.7 Å². The molecule has 8 heteroatoms. The van der Waals surface area contributed by atoms with Gasteiger partial charge in [0.25, 0.3) is 0 Å². The van der Waals surface area contributed by atoms with Crippen LogP contribution in [-0.4, -0.2) is 44.1 Å². The van der Waals surface area contributed by atoms with E-state index in [1.807, 2.05) is 18.2 Å². The van der Waals surface area contributed by atoms with E-state index in [-0.39, 0.29) is 5.04 Å². The summed E-state index contributed by atoms with van der Waals surface area (Å²) in [6.07, 6.45) is 4.80. The smallest absolute Gasteiger partial charge is 0.417 e. The van der Waals surface area contributed by atoms with Gasteiger partial charge in [0.1, 0.15) is 5.75 Å². The lowest BCUT2D eigenvalue weighted by molar-refractivity contribution is 0.205. The van der Waals surface area contributed by atoms with E-state index < -0.39 is 14.4 Å². The van der Waals surface area contributed by atoms with Gasteiger partial charge in [-0.15, -0.1) is 0 Å². The molecule has 0 saturated carbocycles. The summed E-state index contributed by atoms with van der Waals surface area (Å²) in [5.74, 6) is 1.75. The first-order chi connectivity index (χ1) is 14.6. The molecule has 1 aromatic heterocycles. The lowest BCUT2D eigenvalue weighted by Crippen LogP contribution is -2.43. The average Bonchev–Trinajstić information content (AvgIpc) is 2.73. The molecule has 0 atom stereocenters. The fourth-order valence-corrected chi connectivity index (χ4v) is 4.22. The molecule has 168 valence electrons. The van der Waals surface area contributed by atoms with Gasteiger partial charge in [-0.05, 0) is 49.0 Å². The molecule has 1 aliphatic rings. The van der Waals surface area contributed by atoms with Crippen molar-refractivity contribution in [2.45, 2.75) is 51.7 Å². The number of carbonyl (C=O) groups excluding carboxylic acids is 1. The molecule has 1 saturated heterocycles. The minimum atomic E-state index is -1.70. The number of benzene rings is 1. The van der Waals surface area contributed by atoms with Crippen LogP contribution in [0.5, 0.6) is 5.75 Å². The van der Waals surface area contributed by atoms with Gasteiger partial charge < -0.3 is 14.1 Å². The third-order valence-corrected chi connectivity index (χ3v) is 10.7. The van der Waals surface area contributed by atoms with Crippen molar-refractivity contribution in [1.82, 2.24) is 9.97 Å². The fraction of sp³-hybridized carbons (Fsp3) is 0.522. The molecular weight excluding hydrogens is 408 g/mol. The van der Waals surface area contributed by atoms with Crippen LogP contribution in [0.25, 0.3) is 0 Å². The normalized spacial score (nSPS) is 15.6. The van der Waals surface area contributed by atoms with Crippen LogP contribution < -0.4 is 15.0 Å². The van der Waals surface area contributed by atoms with Gasteiger partial charge in [-0.3, -0.25) is 5.32 Å². The van der Waals surface area contributed by atoms with Crippen molar-refractivity contribution < 1.29 is 14.0 Å². The maximum atomic E-state index is 12.0. The summed E-state index contributed by atoms with van der Waals surface area (Å²) in [5, 5.41) is 2.89. The second-order valence-electron chi connectivity index (χ2n) is 9.60. The number of amides is 1. The van der Waals surface area contributed by atoms with Crippen LogP contribution >= 0.6 is 0 Å². The Balaban J connectivity index is 1.45. The van der Waals surface area contributed by atoms with E-state index in [4.69, 9.17) is 9.16 Å². The molecule has 1 fully saturated rings. The van der Waals surface area contributed by atoms with Crippen LogP contribution in [0.1, 0.15) is 33.6 Å². The number of ether oxygens (including phenoxy) is 1. The van der Waals surface area contributed by atoms with Gasteiger partial charge in [0.2, 0.25) is 5.95 Å². The minimum absolute atomic E-state index is 0.241. The van der Waals surface area contributed by atoms with Gasteiger partial charge in [0.15, 0.2) is 8.32 Å². The summed E-state index contributed by atoms with van der Waals surface area (Å²) in [4.78, 5) is 23.0. The molecule has 1 amide bonds. The highest BCUT2D eigenvalue weighted by Gasteiger charge is 2.37. The number of hydrogen-bond acceptors (Lipinski definition) is 6. The zero-order chi connectivity index (χ0) is 22.5. The average molecular weight is 443 g/mol. The molecule has 2 heterocycles. The maximum Gasteiger partial charge on any atom is 0.417 e. The molecule has 0 radical (unpaired) electrons. The van der Waals surface area contributed by atoms with Crippen LogP contribution in [0.3, 0.4) is 0 Å². The van der Waals surface area contributed by atoms with E-state index in [1.165, 1.54) is 0 Å². The first-order valence-corrected chi connectivity index (χ1v) is 13.8. The van der Waals surface area contributed by atoms with Crippen molar-refractivity contribution in [1.29, 1.82) is 0 Å². The Morgan fingerprint density at radius 1 is 1.13 bits per heavy atom. The number of nitrogens with one attached hydrogen (secondary N) is 1. The number of aromatic nitrogens is 2. The van der Waals surface area contributed by atoms with E-state index in [0.29, 0.717) is 23.3 Å². The van der Waals surface area contributed by atoms with Gasteiger partial charge in [0.05, 0.1) is 18.1 Å². The molecule has 0 unspecified atom stereocenters. The zero-order valence-electron chi connectivity index (χ0n) is 19.2. The second-order valence-corrected chi connectivity index (χ2v) is 14.4. The minimum Gasteiger partial charge on any atom is -0.417 e. The predicted octanol–water partition coefficient (Wildman–Crippen LogP) is 5.33. The van der Waals surface area contributed by atoms with Crippen molar-refractivity contribution in [2.24, 2.45) is 5.92 Å². The zero-order valence-corrected chi connectivity index (χ0v) is 20.2. The largest absolute Gasteiger partial charge is 0.417 e. The predicted molar refractivity (Wildman–Crippen MR) is 126 cm³/mol. The van der Waals surface area contributed by atoms with Crippen LogP contribution in [0.2, 0.25) is 18.1 Å². The molecule has 0 spiro atoms. The summed E-state index contributed by atoms with van der Waals surface area (Å²) in [6.45, 7) is 14.1. The molecule has 1 aliphatic heterocycles. The van der Waals surface area contributed by atoms with E-state index in [2.05, 4.69) is 54.0 Å². The lowest BCUT2D eigenvalue weighted by atomic mass is 9.98. The molecule has 31 heavy (non-hydrogen) atoms. The van der Waals surface area contributed by atoms with Crippen molar-refractivity contribution in [2.75, 3.05) is 29.9 Å². The topological polar surface area (TPSA) is 76.6 Å². The Morgan fingerprint density at radius 2 is 1.74 bits per heavy atom. The Hall–Kier alpha value is -2.45. The molecule has 3 rings (SSSR count). The molecule has 1 aromatic carbocycles. The van der Waals surface area contributed by atoms with Crippen LogP contribution in [0.15, 0.2) is 42.7 Å². The molecule has 7 nitrogen and oxygen atoms in total. The number of carbonyl (C=O) groups is 1. The Morgan fingerprint density at radius 3 is 2.32 bits per heavy atom. The maximum absolute atomic E-state index is 12.0. The standard InChI is InChI=1S/C23H34N4O3Si/c1-23(2,3)31(4,5)29-17-18-11-13-27(14-12-18)21-24-15-19(16-25-21)26-22(28)30-20-9-7-6-8-10-20/h6-10,15-16,18H,11-14,17H2,1-5H3,(H,26,28). The molecule has 0 aliphatic carbocycles. The van der Waals surface area contributed by atoms with Crippen molar-refractivity contribution in [3.63, 3.8) is 0 Å². The van der Waals surface area contributed by atoms with Gasteiger partial charge >= 0.3 is 6.09 Å². The summed E-state index contributed by atoms with van der Waals surface area (Å²) in [6, 6.07) is 8.92. The lowest BCUT2D eigenvalue weighted by Gasteiger charge is -2.39. The number of nitrogens with zero attached hydrogens (tertiary/aromatic N) is 3. The number of piperidine rings is 1. The van der Waals surface area contributed by atoms with E-state index in [9.17, 15) is 4.79 Å². The van der Waals surface area contributed by atoms with Gasteiger partial charge in [-0.1, -0.05) is 39.0 Å². The quantitative estimate of drug-likeness (QED) is 0.610. The summed E-state index contributed by atoms with van der Waals surface area (Å²) in [7, 11) is -1.70. The van der Waals surface area contributed by atoms with Gasteiger partial charge in [-0.2, -0.15) is 0 Å². The summed E-state index contributed by atoms with van der Waals surface area (Å²) in [5.41, 5.74) is 0.502. The van der Waals surface area contributed by atoms with E-state index in [0.717, 1.165) is 32.5 Å². The Labute approximate surface area is 186 Å². The summed E-state index contributed by atoms with van der Waals surface area (Å²) < 4.78 is 11.6. The molecule has 0 bridgehead atoms. The third-order valence-electron chi connectivity index (χ3n) is 6.22. The highest BCUT2D eigenvalue weighted by Crippen LogP contribution is 2.37. The van der Waals surface area contributed by atoms with Crippen LogP contribution in [-0.2, 0) is 4.43 Å². The van der Waals surface area contributed by atoms with Crippen molar-refractivity contribution in [3.8, 4) is 5.75 Å². The van der Waals surface area contributed by atoms with Crippen molar-refractivity contribution >= 4 is 26.0 Å². The monoisotopic (exact) mass is 442 g/mol. The highest BCUT2D eigenvalue weighted by molar-refractivity contribution is 6.74. The summed E-state index contributed by atoms with van der Waals surface area (Å²) >= 11 is 0. The van der Waals surface area contributed by atoms with E-state index >= 15 is 0 Å². The molecule has 1 N–H and O–H groups in total. The number of anilines is 2. The first-order valence-electron chi connectivity index (χ1n) is 10.9. The highest BCUT2D eigenvalue weighted by atomic mass is 28.4. The van der Waals surface area contributed by atoms with Gasteiger partial charge in [0, 0.05) is 19.7 Å².